The maximum atomic E-state index is 13.4. The maximum absolute atomic E-state index is 13.4. The van der Waals surface area contributed by atoms with Crippen LogP contribution in [-0.2, 0) is 23.5 Å². The van der Waals surface area contributed by atoms with E-state index < -0.39 is 0 Å². The number of morpholine rings is 1. The minimum Gasteiger partial charge on any atom is -0.379 e. The van der Waals surface area contributed by atoms with Crippen LogP contribution in [0.25, 0.3) is 11.4 Å². The first-order chi connectivity index (χ1) is 15.1. The molecule has 1 aromatic carbocycles. The summed E-state index contributed by atoms with van der Waals surface area (Å²) in [6, 6.07) is 6.35. The summed E-state index contributed by atoms with van der Waals surface area (Å²) < 4.78 is 26.3. The lowest BCUT2D eigenvalue weighted by molar-refractivity contribution is 0.0361. The van der Waals surface area contributed by atoms with E-state index in [1.807, 2.05) is 0 Å². The third kappa shape index (κ3) is 5.90. The zero-order valence-corrected chi connectivity index (χ0v) is 18.6. The molecule has 0 saturated carbocycles. The van der Waals surface area contributed by atoms with E-state index in [0.717, 1.165) is 68.2 Å². The highest BCUT2D eigenvalue weighted by Crippen LogP contribution is 2.26. The molecule has 2 aromatic heterocycles. The van der Waals surface area contributed by atoms with Gasteiger partial charge in [-0.05, 0) is 30.2 Å². The number of nitrogens with zero attached hydrogens (tertiary/aromatic N) is 6. The molecule has 0 amide bonds. The Hall–Kier alpha value is -2.30. The van der Waals surface area contributed by atoms with Gasteiger partial charge in [0.15, 0.2) is 16.8 Å². The summed E-state index contributed by atoms with van der Waals surface area (Å²) in [6.45, 7) is 9.17. The summed E-state index contributed by atoms with van der Waals surface area (Å²) in [5, 5.41) is 13.6. The number of rotatable bonds is 9. The number of hydrogen-bond donors (Lipinski definition) is 0. The van der Waals surface area contributed by atoms with E-state index in [1.165, 1.54) is 23.9 Å². The van der Waals surface area contributed by atoms with Crippen molar-refractivity contribution in [3.8, 4) is 11.4 Å². The van der Waals surface area contributed by atoms with Crippen LogP contribution in [0.3, 0.4) is 0 Å². The minimum atomic E-state index is -0.272. The molecule has 1 aliphatic rings. The molecule has 0 atom stereocenters. The van der Waals surface area contributed by atoms with Gasteiger partial charge in [0.2, 0.25) is 5.89 Å². The van der Waals surface area contributed by atoms with Crippen LogP contribution >= 0.6 is 11.8 Å². The third-order valence-electron chi connectivity index (χ3n) is 4.99. The first kappa shape index (κ1) is 21.9. The van der Waals surface area contributed by atoms with Crippen LogP contribution in [0, 0.1) is 11.7 Å². The average Bonchev–Trinajstić information content (AvgIpc) is 3.38. The number of hydrogen-bond acceptors (Lipinski definition) is 8. The molecule has 4 rings (SSSR count). The van der Waals surface area contributed by atoms with Gasteiger partial charge in [-0.3, -0.25) is 4.90 Å². The smallest absolute Gasteiger partial charge is 0.237 e. The quantitative estimate of drug-likeness (QED) is 0.463. The largest absolute Gasteiger partial charge is 0.379 e. The molecule has 3 aromatic rings. The van der Waals surface area contributed by atoms with Gasteiger partial charge in [0.25, 0.3) is 0 Å². The van der Waals surface area contributed by atoms with Crippen LogP contribution in [0.4, 0.5) is 4.39 Å². The fourth-order valence-corrected chi connectivity index (χ4v) is 4.20. The summed E-state index contributed by atoms with van der Waals surface area (Å²) in [6.07, 6.45) is 0.790. The van der Waals surface area contributed by atoms with Gasteiger partial charge in [-0.1, -0.05) is 30.8 Å². The van der Waals surface area contributed by atoms with Gasteiger partial charge in [-0.15, -0.1) is 10.2 Å². The summed E-state index contributed by atoms with van der Waals surface area (Å²) in [5.41, 5.74) is 0.833. The van der Waals surface area contributed by atoms with E-state index in [4.69, 9.17) is 9.26 Å². The Morgan fingerprint density at radius 2 is 1.87 bits per heavy atom. The lowest BCUT2D eigenvalue weighted by Crippen LogP contribution is -2.38. The van der Waals surface area contributed by atoms with Crippen LogP contribution in [-0.4, -0.2) is 62.7 Å². The molecule has 0 spiro atoms. The zero-order chi connectivity index (χ0) is 21.6. The van der Waals surface area contributed by atoms with Gasteiger partial charge in [0.1, 0.15) is 5.82 Å². The van der Waals surface area contributed by atoms with Gasteiger partial charge in [0.05, 0.1) is 19.0 Å². The SMILES string of the molecule is CC(C)Cc1noc(CSc2nnc(-c3ccc(F)cc3)n2CCN2CCOCC2)n1. The Balaban J connectivity index is 1.50. The number of halogens is 1. The van der Waals surface area contributed by atoms with E-state index >= 15 is 0 Å². The molecule has 1 saturated heterocycles. The predicted octanol–water partition coefficient (Wildman–Crippen LogP) is 3.29. The highest BCUT2D eigenvalue weighted by atomic mass is 32.2. The van der Waals surface area contributed by atoms with Crippen molar-refractivity contribution in [3.05, 3.63) is 41.8 Å². The Labute approximate surface area is 185 Å². The van der Waals surface area contributed by atoms with Gasteiger partial charge >= 0.3 is 0 Å². The Morgan fingerprint density at radius 3 is 2.61 bits per heavy atom. The molecule has 0 N–H and O–H groups in total. The van der Waals surface area contributed by atoms with Crippen molar-refractivity contribution in [3.63, 3.8) is 0 Å². The Morgan fingerprint density at radius 1 is 1.10 bits per heavy atom. The molecule has 10 heteroatoms. The molecule has 0 aliphatic carbocycles. The summed E-state index contributed by atoms with van der Waals surface area (Å²) in [7, 11) is 0. The van der Waals surface area contributed by atoms with Crippen LogP contribution in [0.1, 0.15) is 25.6 Å². The standard InChI is InChI=1S/C21H27FN6O2S/c1-15(2)13-18-23-19(30-26-18)14-31-21-25-24-20(16-3-5-17(22)6-4-16)28(21)8-7-27-9-11-29-12-10-27/h3-6,15H,7-14H2,1-2H3. The fourth-order valence-electron chi connectivity index (χ4n) is 3.40. The van der Waals surface area contributed by atoms with Gasteiger partial charge in [0, 0.05) is 38.2 Å². The normalized spacial score (nSPS) is 15.1. The first-order valence-electron chi connectivity index (χ1n) is 10.5. The van der Waals surface area contributed by atoms with E-state index in [2.05, 4.69) is 43.7 Å². The molecule has 1 aliphatic heterocycles. The second-order valence-corrected chi connectivity index (χ2v) is 8.85. The molecule has 0 radical (unpaired) electrons. The lowest BCUT2D eigenvalue weighted by Gasteiger charge is -2.27. The first-order valence-corrected chi connectivity index (χ1v) is 11.5. The minimum absolute atomic E-state index is 0.272. The number of thioether (sulfide) groups is 1. The fraction of sp³-hybridized carbons (Fsp3) is 0.524. The monoisotopic (exact) mass is 446 g/mol. The van der Waals surface area contributed by atoms with Crippen LogP contribution in [0.15, 0.2) is 33.9 Å². The molecule has 3 heterocycles. The van der Waals surface area contributed by atoms with Crippen LogP contribution in [0.2, 0.25) is 0 Å². The van der Waals surface area contributed by atoms with Crippen molar-refractivity contribution >= 4 is 11.8 Å². The van der Waals surface area contributed by atoms with E-state index in [9.17, 15) is 4.39 Å². The van der Waals surface area contributed by atoms with E-state index in [1.54, 1.807) is 12.1 Å². The van der Waals surface area contributed by atoms with Crippen molar-refractivity contribution in [1.29, 1.82) is 0 Å². The van der Waals surface area contributed by atoms with E-state index in [0.29, 0.717) is 17.6 Å². The second kappa shape index (κ2) is 10.3. The van der Waals surface area contributed by atoms with Crippen LogP contribution in [0.5, 0.6) is 0 Å². The summed E-state index contributed by atoms with van der Waals surface area (Å²) in [4.78, 5) is 6.83. The topological polar surface area (TPSA) is 82.1 Å². The molecular formula is C21H27FN6O2S. The molecule has 0 bridgehead atoms. The third-order valence-corrected chi connectivity index (χ3v) is 5.94. The van der Waals surface area contributed by atoms with Crippen molar-refractivity contribution in [1.82, 2.24) is 29.8 Å². The number of aromatic nitrogens is 5. The predicted molar refractivity (Wildman–Crippen MR) is 115 cm³/mol. The lowest BCUT2D eigenvalue weighted by atomic mass is 10.1. The molecule has 31 heavy (non-hydrogen) atoms. The Bertz CT molecular complexity index is 969. The molecule has 166 valence electrons. The molecule has 0 unspecified atom stereocenters. The van der Waals surface area contributed by atoms with Gasteiger partial charge < -0.3 is 13.8 Å². The van der Waals surface area contributed by atoms with Crippen molar-refractivity contribution in [2.75, 3.05) is 32.8 Å². The Kier molecular flexibility index (Phi) is 7.31. The zero-order valence-electron chi connectivity index (χ0n) is 17.8. The van der Waals surface area contributed by atoms with Crippen molar-refractivity contribution < 1.29 is 13.7 Å². The molecule has 8 nitrogen and oxygen atoms in total. The van der Waals surface area contributed by atoms with Crippen LogP contribution < -0.4 is 0 Å². The van der Waals surface area contributed by atoms with E-state index in [-0.39, 0.29) is 5.82 Å². The summed E-state index contributed by atoms with van der Waals surface area (Å²) in [5.74, 6) is 2.75. The molecular weight excluding hydrogens is 419 g/mol. The van der Waals surface area contributed by atoms with Gasteiger partial charge in [-0.2, -0.15) is 4.98 Å². The maximum Gasteiger partial charge on any atom is 0.237 e. The highest BCUT2D eigenvalue weighted by molar-refractivity contribution is 7.98. The highest BCUT2D eigenvalue weighted by Gasteiger charge is 2.18. The number of benzene rings is 1. The van der Waals surface area contributed by atoms with Crippen molar-refractivity contribution in [2.45, 2.75) is 37.7 Å². The average molecular weight is 447 g/mol. The summed E-state index contributed by atoms with van der Waals surface area (Å²) >= 11 is 1.51. The number of ether oxygens (including phenoxy) is 1. The second-order valence-electron chi connectivity index (χ2n) is 7.91. The van der Waals surface area contributed by atoms with Gasteiger partial charge in [-0.25, -0.2) is 4.39 Å². The van der Waals surface area contributed by atoms with Crippen molar-refractivity contribution in [2.24, 2.45) is 5.92 Å². The molecule has 1 fully saturated rings.